The van der Waals surface area contributed by atoms with Gasteiger partial charge in [-0.3, -0.25) is 0 Å². The van der Waals surface area contributed by atoms with Crippen molar-refractivity contribution in [2.75, 3.05) is 20.8 Å². The molecule has 0 saturated carbocycles. The van der Waals surface area contributed by atoms with Crippen LogP contribution in [-0.2, 0) is 8.85 Å². The number of hydrogen-bond acceptors (Lipinski definition) is 2. The highest BCUT2D eigenvalue weighted by Crippen LogP contribution is 2.22. The zero-order valence-corrected chi connectivity index (χ0v) is 14.9. The van der Waals surface area contributed by atoms with Crippen LogP contribution in [0.1, 0.15) is 40.0 Å². The molecule has 1 aliphatic rings. The highest BCUT2D eigenvalue weighted by molar-refractivity contribution is 6.67. The number of hydrogen-bond donors (Lipinski definition) is 0. The van der Waals surface area contributed by atoms with Crippen LogP contribution < -0.4 is 0 Å². The molecule has 20 heavy (non-hydrogen) atoms. The predicted octanol–water partition coefficient (Wildman–Crippen LogP) is 3.79. The fourth-order valence-electron chi connectivity index (χ4n) is 2.81. The van der Waals surface area contributed by atoms with Crippen molar-refractivity contribution in [2.24, 2.45) is 11.8 Å². The maximum atomic E-state index is 5.74. The van der Waals surface area contributed by atoms with Crippen molar-refractivity contribution < 1.29 is 13.4 Å². The molecule has 0 amide bonds. The molecule has 4 heteroatoms. The van der Waals surface area contributed by atoms with Gasteiger partial charge in [0.1, 0.15) is 12.8 Å². The topological polar surface area (TPSA) is 21.5 Å². The second-order valence-corrected chi connectivity index (χ2v) is 9.72. The van der Waals surface area contributed by atoms with Crippen LogP contribution in [0.2, 0.25) is 12.1 Å². The summed E-state index contributed by atoms with van der Waals surface area (Å²) in [6.45, 7) is 7.86. The molecule has 0 aromatic heterocycles. The second-order valence-electron chi connectivity index (χ2n) is 6.08. The maximum Gasteiger partial charge on any atom is 0.337 e. The third-order valence-corrected chi connectivity index (χ3v) is 8.21. The normalized spacial score (nSPS) is 19.5. The molecule has 0 saturated heterocycles. The summed E-state index contributed by atoms with van der Waals surface area (Å²) in [5.41, 5.74) is 0. The molecule has 0 aromatic carbocycles. The fraction of sp³-hybridized carbons (Fsp3) is 0.812. The van der Waals surface area contributed by atoms with Crippen LogP contribution >= 0.6 is 0 Å². The first-order valence-corrected chi connectivity index (χ1v) is 10.2. The van der Waals surface area contributed by atoms with Crippen molar-refractivity contribution in [3.05, 3.63) is 12.3 Å². The third-order valence-electron chi connectivity index (χ3n) is 4.34. The van der Waals surface area contributed by atoms with Gasteiger partial charge in [0.05, 0.1) is 0 Å². The van der Waals surface area contributed by atoms with Gasteiger partial charge in [0, 0.05) is 27.1 Å². The number of nitrogens with zero attached hydrogens (tertiary/aromatic N) is 1. The van der Waals surface area contributed by atoms with E-state index in [0.29, 0.717) is 5.92 Å². The van der Waals surface area contributed by atoms with E-state index in [9.17, 15) is 0 Å². The van der Waals surface area contributed by atoms with Crippen LogP contribution in [0.5, 0.6) is 0 Å². The van der Waals surface area contributed by atoms with Crippen molar-refractivity contribution in [2.45, 2.75) is 52.1 Å². The van der Waals surface area contributed by atoms with E-state index < -0.39 is 8.56 Å². The van der Waals surface area contributed by atoms with Crippen LogP contribution in [-0.4, -0.2) is 40.1 Å². The van der Waals surface area contributed by atoms with Crippen molar-refractivity contribution in [3.8, 4) is 0 Å². The summed E-state index contributed by atoms with van der Waals surface area (Å²) in [5.74, 6) is 1.44. The first-order valence-electron chi connectivity index (χ1n) is 7.94. The summed E-state index contributed by atoms with van der Waals surface area (Å²) >= 11 is 0. The van der Waals surface area contributed by atoms with E-state index in [1.165, 1.54) is 6.42 Å². The molecule has 1 rings (SSSR count). The molecule has 0 aliphatic carbocycles. The Balaban J connectivity index is 2.39. The minimum absolute atomic E-state index is 0.706. The Morgan fingerprint density at radius 2 is 1.95 bits per heavy atom. The van der Waals surface area contributed by atoms with E-state index in [-0.39, 0.29) is 0 Å². The molecule has 1 heterocycles. The number of allylic oxidation sites excluding steroid dienone is 1. The van der Waals surface area contributed by atoms with Gasteiger partial charge in [-0.2, -0.15) is 0 Å². The maximum absolute atomic E-state index is 5.74. The van der Waals surface area contributed by atoms with Gasteiger partial charge < -0.3 is 8.85 Å². The summed E-state index contributed by atoms with van der Waals surface area (Å²) in [4.78, 5) is 0. The Labute approximate surface area is 125 Å². The van der Waals surface area contributed by atoms with Gasteiger partial charge in [0.2, 0.25) is 0 Å². The lowest BCUT2D eigenvalue weighted by Crippen LogP contribution is -2.40. The Hall–Kier alpha value is -0.453. The average Bonchev–Trinajstić information content (AvgIpc) is 2.47. The lowest BCUT2D eigenvalue weighted by Gasteiger charge is -2.26. The zero-order chi connectivity index (χ0) is 15.0. The van der Waals surface area contributed by atoms with Crippen molar-refractivity contribution in [1.82, 2.24) is 0 Å². The monoisotopic (exact) mass is 298 g/mol. The molecular formula is C16H32NO2Si+. The highest BCUT2D eigenvalue weighted by atomic mass is 28.4. The van der Waals surface area contributed by atoms with Gasteiger partial charge in [-0.1, -0.05) is 27.2 Å². The molecule has 116 valence electrons. The summed E-state index contributed by atoms with van der Waals surface area (Å²) in [5, 5.41) is 0. The Bertz CT molecular complexity index is 335. The molecule has 0 bridgehead atoms. The van der Waals surface area contributed by atoms with Gasteiger partial charge in [0.25, 0.3) is 0 Å². The lowest BCUT2D eigenvalue weighted by molar-refractivity contribution is -0.455. The second kappa shape index (κ2) is 8.75. The van der Waals surface area contributed by atoms with E-state index in [0.717, 1.165) is 37.4 Å². The SMILES string of the molecule is CCC[Si](CCC[N+]1=CCC(C(C)C)C=C1)(OC)OC. The van der Waals surface area contributed by atoms with Crippen LogP contribution in [0.4, 0.5) is 0 Å². The Kier molecular flexibility index (Phi) is 7.70. The van der Waals surface area contributed by atoms with Crippen LogP contribution in [0.25, 0.3) is 0 Å². The molecule has 1 unspecified atom stereocenters. The molecule has 3 nitrogen and oxygen atoms in total. The third kappa shape index (κ3) is 5.15. The summed E-state index contributed by atoms with van der Waals surface area (Å²) in [6, 6.07) is 2.18. The molecule has 1 aliphatic heterocycles. The van der Waals surface area contributed by atoms with Crippen LogP contribution in [0.3, 0.4) is 0 Å². The zero-order valence-electron chi connectivity index (χ0n) is 13.9. The lowest BCUT2D eigenvalue weighted by atomic mass is 9.92. The fourth-order valence-corrected chi connectivity index (χ4v) is 5.50. The highest BCUT2D eigenvalue weighted by Gasteiger charge is 2.34. The first-order chi connectivity index (χ1) is 9.56. The minimum atomic E-state index is -1.92. The van der Waals surface area contributed by atoms with Crippen molar-refractivity contribution in [1.29, 1.82) is 0 Å². The van der Waals surface area contributed by atoms with E-state index in [2.05, 4.69) is 43.8 Å². The quantitative estimate of drug-likeness (QED) is 0.477. The molecule has 0 fully saturated rings. The minimum Gasteiger partial charge on any atom is -0.398 e. The molecule has 0 radical (unpaired) electrons. The summed E-state index contributed by atoms with van der Waals surface area (Å²) in [6.07, 6.45) is 10.4. The molecule has 0 spiro atoms. The Morgan fingerprint density at radius 3 is 2.40 bits per heavy atom. The smallest absolute Gasteiger partial charge is 0.337 e. The first kappa shape index (κ1) is 17.6. The average molecular weight is 299 g/mol. The molecule has 0 N–H and O–H groups in total. The molecule has 0 aromatic rings. The van der Waals surface area contributed by atoms with E-state index >= 15 is 0 Å². The van der Waals surface area contributed by atoms with Crippen LogP contribution in [0.15, 0.2) is 12.3 Å². The Morgan fingerprint density at radius 1 is 1.25 bits per heavy atom. The largest absolute Gasteiger partial charge is 0.398 e. The number of rotatable bonds is 9. The van der Waals surface area contributed by atoms with Gasteiger partial charge in [-0.25, -0.2) is 4.58 Å². The molecular weight excluding hydrogens is 266 g/mol. The standard InChI is InChI=1S/C16H32NO2Si/c1-6-13-20(18-4,19-5)14-7-10-17-11-8-16(9-12-17)15(2)3/h8,11-12,15-16H,6-7,9-10,13-14H2,1-5H3/q+1. The van der Waals surface area contributed by atoms with Gasteiger partial charge in [-0.05, 0) is 30.0 Å². The van der Waals surface area contributed by atoms with Crippen LogP contribution in [0, 0.1) is 11.8 Å². The van der Waals surface area contributed by atoms with E-state index in [1.807, 2.05) is 14.2 Å². The summed E-state index contributed by atoms with van der Waals surface area (Å²) in [7, 11) is 1.70. The predicted molar refractivity (Wildman–Crippen MR) is 87.6 cm³/mol. The van der Waals surface area contributed by atoms with Gasteiger partial charge in [0.15, 0.2) is 6.20 Å². The van der Waals surface area contributed by atoms with Crippen molar-refractivity contribution >= 4 is 14.8 Å². The van der Waals surface area contributed by atoms with Crippen molar-refractivity contribution in [3.63, 3.8) is 0 Å². The van der Waals surface area contributed by atoms with E-state index in [4.69, 9.17) is 8.85 Å². The summed E-state index contributed by atoms with van der Waals surface area (Å²) < 4.78 is 13.8. The van der Waals surface area contributed by atoms with Gasteiger partial charge in [-0.15, -0.1) is 0 Å². The van der Waals surface area contributed by atoms with E-state index in [1.54, 1.807) is 0 Å². The molecule has 1 atom stereocenters. The van der Waals surface area contributed by atoms with Gasteiger partial charge >= 0.3 is 8.56 Å².